The summed E-state index contributed by atoms with van der Waals surface area (Å²) in [5.41, 5.74) is -0.119. The lowest BCUT2D eigenvalue weighted by atomic mass is 9.96. The van der Waals surface area contributed by atoms with Gasteiger partial charge in [-0.2, -0.15) is 9.23 Å². The number of piperidine rings is 1. The average Bonchev–Trinajstić information content (AvgIpc) is 3.67. The number of rotatable bonds is 8. The lowest BCUT2D eigenvalue weighted by Crippen LogP contribution is -2.45. The van der Waals surface area contributed by atoms with E-state index in [0.29, 0.717) is 28.3 Å². The van der Waals surface area contributed by atoms with E-state index in [1.54, 1.807) is 35.2 Å². The van der Waals surface area contributed by atoms with Crippen LogP contribution in [0.5, 0.6) is 5.75 Å². The third-order valence-electron chi connectivity index (χ3n) is 9.10. The molecule has 0 saturated carbocycles. The summed E-state index contributed by atoms with van der Waals surface area (Å²) in [5.74, 6) is -0.0556. The molecule has 3 aromatic carbocycles. The quantitative estimate of drug-likeness (QED) is 0.305. The van der Waals surface area contributed by atoms with Crippen molar-refractivity contribution < 1.29 is 22.7 Å². The summed E-state index contributed by atoms with van der Waals surface area (Å²) in [6, 6.07) is 19.2. The van der Waals surface area contributed by atoms with Crippen LogP contribution >= 0.6 is 0 Å². The number of hydrogen-bond acceptors (Lipinski definition) is 8. The van der Waals surface area contributed by atoms with Crippen LogP contribution in [0.3, 0.4) is 0 Å². The highest BCUT2D eigenvalue weighted by Gasteiger charge is 2.38. The van der Waals surface area contributed by atoms with Gasteiger partial charge in [-0.1, -0.05) is 30.3 Å². The summed E-state index contributed by atoms with van der Waals surface area (Å²) in [5, 5.41) is 12.8. The first kappa shape index (κ1) is 32.0. The van der Waals surface area contributed by atoms with Gasteiger partial charge in [0.25, 0.3) is 15.9 Å². The minimum absolute atomic E-state index is 0.0101. The van der Waals surface area contributed by atoms with Crippen LogP contribution in [0.15, 0.2) is 82.5 Å². The number of nitriles is 1. The molecule has 1 unspecified atom stereocenters. The molecule has 2 aliphatic heterocycles. The van der Waals surface area contributed by atoms with Crippen LogP contribution in [0.2, 0.25) is 0 Å². The van der Waals surface area contributed by atoms with Gasteiger partial charge in [0, 0.05) is 25.0 Å². The van der Waals surface area contributed by atoms with Gasteiger partial charge in [0.15, 0.2) is 0 Å². The van der Waals surface area contributed by atoms with Crippen LogP contribution in [0.25, 0.3) is 11.0 Å². The molecule has 12 nitrogen and oxygen atoms in total. The van der Waals surface area contributed by atoms with Crippen molar-refractivity contribution in [3.8, 4) is 11.8 Å². The second kappa shape index (κ2) is 13.1. The van der Waals surface area contributed by atoms with E-state index in [1.165, 1.54) is 54.1 Å². The fraction of sp³-hybridized carbons (Fsp3) is 0.353. The first-order chi connectivity index (χ1) is 22.6. The normalized spacial score (nSPS) is 18.1. The van der Waals surface area contributed by atoms with Gasteiger partial charge in [-0.25, -0.2) is 13.2 Å². The molecule has 4 aromatic rings. The number of aromatic nitrogens is 2. The highest BCUT2D eigenvalue weighted by Crippen LogP contribution is 2.30. The Morgan fingerprint density at radius 2 is 1.66 bits per heavy atom. The van der Waals surface area contributed by atoms with E-state index in [2.05, 4.69) is 10.2 Å². The van der Waals surface area contributed by atoms with Crippen molar-refractivity contribution in [3.05, 3.63) is 94.4 Å². The molecular weight excluding hydrogens is 620 g/mol. The summed E-state index contributed by atoms with van der Waals surface area (Å²) in [7, 11) is -0.950. The van der Waals surface area contributed by atoms with Crippen LogP contribution in [0.4, 0.5) is 0 Å². The smallest absolute Gasteiger partial charge is 0.344 e. The summed E-state index contributed by atoms with van der Waals surface area (Å²) in [4.78, 5) is 45.6. The molecule has 6 rings (SSSR count). The van der Waals surface area contributed by atoms with Gasteiger partial charge in [0.2, 0.25) is 5.91 Å². The van der Waals surface area contributed by atoms with Gasteiger partial charge < -0.3 is 19.9 Å². The minimum Gasteiger partial charge on any atom is -0.497 e. The fourth-order valence-corrected chi connectivity index (χ4v) is 7.87. The molecule has 2 saturated heterocycles. The highest BCUT2D eigenvalue weighted by atomic mass is 32.2. The zero-order valence-electron chi connectivity index (χ0n) is 26.2. The van der Waals surface area contributed by atoms with Gasteiger partial charge in [0.05, 0.1) is 34.7 Å². The van der Waals surface area contributed by atoms with Crippen LogP contribution in [0, 0.1) is 17.2 Å². The van der Waals surface area contributed by atoms with E-state index >= 15 is 0 Å². The minimum atomic E-state index is -4.45. The van der Waals surface area contributed by atoms with Crippen LogP contribution in [0.1, 0.15) is 36.4 Å². The number of fused-ring (bicyclic) bond motifs is 1. The van der Waals surface area contributed by atoms with E-state index < -0.39 is 27.7 Å². The summed E-state index contributed by atoms with van der Waals surface area (Å²) >= 11 is 0. The first-order valence-corrected chi connectivity index (χ1v) is 17.0. The Kier molecular flexibility index (Phi) is 8.90. The Labute approximate surface area is 272 Å². The molecule has 2 aliphatic rings. The van der Waals surface area contributed by atoms with Crippen molar-refractivity contribution in [2.45, 2.75) is 36.2 Å². The topological polar surface area (TPSA) is 147 Å². The molecule has 244 valence electrons. The number of imidazole rings is 1. The molecule has 0 bridgehead atoms. The van der Waals surface area contributed by atoms with Crippen molar-refractivity contribution in [2.24, 2.45) is 5.92 Å². The van der Waals surface area contributed by atoms with Gasteiger partial charge in [-0.15, -0.1) is 0 Å². The Morgan fingerprint density at radius 1 is 0.957 bits per heavy atom. The molecule has 47 heavy (non-hydrogen) atoms. The zero-order chi connectivity index (χ0) is 33.3. The fourth-order valence-electron chi connectivity index (χ4n) is 6.47. The van der Waals surface area contributed by atoms with E-state index in [0.717, 1.165) is 25.9 Å². The summed E-state index contributed by atoms with van der Waals surface area (Å²) in [6.07, 6.45) is 2.11. The monoisotopic (exact) mass is 656 g/mol. The van der Waals surface area contributed by atoms with E-state index in [4.69, 9.17) is 4.74 Å². The number of amides is 2. The second-order valence-electron chi connectivity index (χ2n) is 12.1. The number of nitrogens with one attached hydrogen (secondary N) is 1. The largest absolute Gasteiger partial charge is 0.497 e. The Balaban J connectivity index is 1.40. The van der Waals surface area contributed by atoms with Crippen LogP contribution in [-0.2, 0) is 19.6 Å². The molecule has 13 heteroatoms. The maximum Gasteiger partial charge on any atom is 0.344 e. The summed E-state index contributed by atoms with van der Waals surface area (Å²) < 4.78 is 35.1. The molecule has 3 heterocycles. The molecule has 0 aliphatic carbocycles. The Morgan fingerprint density at radius 3 is 2.32 bits per heavy atom. The first-order valence-electron chi connectivity index (χ1n) is 15.5. The summed E-state index contributed by atoms with van der Waals surface area (Å²) in [6.45, 7) is 2.31. The third kappa shape index (κ3) is 6.14. The number of benzene rings is 3. The molecule has 1 N–H and O–H groups in total. The second-order valence-corrected chi connectivity index (χ2v) is 13.9. The van der Waals surface area contributed by atoms with Crippen molar-refractivity contribution in [1.82, 2.24) is 23.7 Å². The number of hydrogen-bond donors (Lipinski definition) is 1. The molecule has 2 atom stereocenters. The number of carbonyl (C=O) groups excluding carboxylic acids is 2. The van der Waals surface area contributed by atoms with E-state index in [-0.39, 0.29) is 45.9 Å². The van der Waals surface area contributed by atoms with Crippen LogP contribution in [-0.4, -0.2) is 84.9 Å². The van der Waals surface area contributed by atoms with Crippen molar-refractivity contribution in [3.63, 3.8) is 0 Å². The maximum atomic E-state index is 14.5. The highest BCUT2D eigenvalue weighted by molar-refractivity contribution is 7.90. The molecule has 0 spiro atoms. The predicted molar refractivity (Wildman–Crippen MR) is 174 cm³/mol. The number of nitrogens with zero attached hydrogens (tertiary/aromatic N) is 5. The zero-order valence-corrected chi connectivity index (χ0v) is 27.0. The average molecular weight is 657 g/mol. The molecule has 2 amide bonds. The maximum absolute atomic E-state index is 14.5. The van der Waals surface area contributed by atoms with E-state index in [9.17, 15) is 28.1 Å². The lowest BCUT2D eigenvalue weighted by Gasteiger charge is -2.29. The van der Waals surface area contributed by atoms with Crippen molar-refractivity contribution in [2.75, 3.05) is 40.3 Å². The van der Waals surface area contributed by atoms with Crippen LogP contribution < -0.4 is 15.7 Å². The van der Waals surface area contributed by atoms with Gasteiger partial charge in [0.1, 0.15) is 11.8 Å². The number of likely N-dealkylation sites (tertiary alicyclic amines) is 2. The lowest BCUT2D eigenvalue weighted by molar-refractivity contribution is -0.133. The molecular formula is C34H36N6O6S. The number of methoxy groups -OCH3 is 1. The number of ether oxygens (including phenoxy) is 1. The predicted octanol–water partition coefficient (Wildman–Crippen LogP) is 2.57. The SMILES string of the molecule is COc1ccc(S(=O)(=O)n2c(=O)n(C(C(=O)N3CC[C@H](NC(=O)C4CCN(C)CC4)C3)c3ccccc3)c3cc(C#N)ccc32)cc1. The molecule has 0 radical (unpaired) electrons. The molecule has 1 aromatic heterocycles. The van der Waals surface area contributed by atoms with Crippen molar-refractivity contribution >= 4 is 32.9 Å². The van der Waals surface area contributed by atoms with Gasteiger partial charge in [-0.3, -0.25) is 14.2 Å². The molecule has 2 fully saturated rings. The third-order valence-corrected chi connectivity index (χ3v) is 10.8. The Hall–Kier alpha value is -4.93. The Bertz CT molecular complexity index is 2010. The van der Waals surface area contributed by atoms with Crippen molar-refractivity contribution in [1.29, 1.82) is 5.26 Å². The van der Waals surface area contributed by atoms with E-state index in [1.807, 2.05) is 13.1 Å². The van der Waals surface area contributed by atoms with Gasteiger partial charge in [-0.05, 0) is 87.4 Å². The standard InChI is InChI=1S/C34H36N6O6S/c1-37-17-14-25(15-18-37)32(41)36-26-16-19-38(22-26)33(42)31(24-6-4-3-5-7-24)39-30-20-23(21-35)8-13-29(30)40(34(39)43)47(44,45)28-11-9-27(46-2)10-12-28/h3-13,20,25-26,31H,14-19,22H2,1-2H3,(H,36,41)/t26-,31?/m0/s1. The van der Waals surface area contributed by atoms with Gasteiger partial charge >= 0.3 is 5.69 Å². The number of carbonyl (C=O) groups is 2.